The molecule has 2 N–H and O–H groups in total. The molecule has 3 heterocycles. The molecule has 2 fully saturated rings. The number of piperazine rings is 1. The summed E-state index contributed by atoms with van der Waals surface area (Å²) < 4.78 is 36.2. The van der Waals surface area contributed by atoms with Gasteiger partial charge in [0.25, 0.3) is 0 Å². The van der Waals surface area contributed by atoms with Crippen LogP contribution in [0.5, 0.6) is 11.5 Å². The first kappa shape index (κ1) is 30.9. The molecule has 0 radical (unpaired) electrons. The number of pyridine rings is 1. The third-order valence-corrected chi connectivity index (χ3v) is 10.1. The van der Waals surface area contributed by atoms with E-state index in [0.717, 1.165) is 59.4 Å². The Kier molecular flexibility index (Phi) is 8.21. The van der Waals surface area contributed by atoms with Crippen LogP contribution in [-0.4, -0.2) is 59.8 Å². The van der Waals surface area contributed by atoms with Crippen LogP contribution in [0.2, 0.25) is 0 Å². The second-order valence-electron chi connectivity index (χ2n) is 12.2. The predicted molar refractivity (Wildman–Crippen MR) is 179 cm³/mol. The Labute approximate surface area is 275 Å². The second kappa shape index (κ2) is 12.5. The molecule has 47 heavy (non-hydrogen) atoms. The van der Waals surface area contributed by atoms with Gasteiger partial charge < -0.3 is 15.4 Å². The van der Waals surface area contributed by atoms with Crippen LogP contribution < -0.4 is 15.4 Å². The number of carbonyl (C=O) groups excluding carboxylic acids is 2. The van der Waals surface area contributed by atoms with Crippen molar-refractivity contribution in [3.8, 4) is 21.9 Å². The van der Waals surface area contributed by atoms with Crippen LogP contribution >= 0.6 is 11.3 Å². The van der Waals surface area contributed by atoms with Crippen molar-refractivity contribution in [3.05, 3.63) is 102 Å². The quantitative estimate of drug-likeness (QED) is 0.178. The molecule has 1 aliphatic heterocycles. The van der Waals surface area contributed by atoms with E-state index < -0.39 is 28.9 Å². The van der Waals surface area contributed by atoms with Gasteiger partial charge in [0.2, 0.25) is 11.8 Å². The molecule has 2 aliphatic rings. The number of benzene rings is 3. The lowest BCUT2D eigenvalue weighted by atomic mass is 10.0. The number of aromatic nitrogens is 1. The van der Waals surface area contributed by atoms with E-state index in [1.165, 1.54) is 58.2 Å². The highest BCUT2D eigenvalue weighted by molar-refractivity contribution is 7.22. The van der Waals surface area contributed by atoms with Gasteiger partial charge in [0.1, 0.15) is 17.0 Å². The minimum absolute atomic E-state index is 0.0491. The van der Waals surface area contributed by atoms with Crippen LogP contribution in [0.1, 0.15) is 18.4 Å². The first-order valence-electron chi connectivity index (χ1n) is 15.5. The number of rotatable bonds is 9. The largest absolute Gasteiger partial charge is 0.453 e. The van der Waals surface area contributed by atoms with Gasteiger partial charge in [0, 0.05) is 61.6 Å². The monoisotopic (exact) mass is 653 g/mol. The molecule has 0 unspecified atom stereocenters. The summed E-state index contributed by atoms with van der Waals surface area (Å²) in [7, 11) is 2.15. The predicted octanol–water partition coefficient (Wildman–Crippen LogP) is 6.71. The van der Waals surface area contributed by atoms with Crippen LogP contribution in [0, 0.1) is 17.0 Å². The molecule has 11 heteroatoms. The Balaban J connectivity index is 1.13. The Morgan fingerprint density at radius 2 is 1.62 bits per heavy atom. The van der Waals surface area contributed by atoms with E-state index in [4.69, 9.17) is 10.5 Å². The van der Waals surface area contributed by atoms with Crippen molar-refractivity contribution >= 4 is 44.7 Å². The summed E-state index contributed by atoms with van der Waals surface area (Å²) in [5.74, 6) is -2.14. The second-order valence-corrected chi connectivity index (χ2v) is 13.2. The van der Waals surface area contributed by atoms with Gasteiger partial charge in [-0.1, -0.05) is 24.3 Å². The number of amides is 2. The molecule has 0 spiro atoms. The zero-order valence-corrected chi connectivity index (χ0v) is 26.6. The molecule has 0 bridgehead atoms. The summed E-state index contributed by atoms with van der Waals surface area (Å²) in [4.78, 5) is 37.3. The molecule has 0 atom stereocenters. The van der Waals surface area contributed by atoms with Crippen molar-refractivity contribution in [2.24, 2.45) is 11.1 Å². The van der Waals surface area contributed by atoms with Crippen LogP contribution in [-0.2, 0) is 16.1 Å². The van der Waals surface area contributed by atoms with Crippen molar-refractivity contribution in [1.29, 1.82) is 0 Å². The highest BCUT2D eigenvalue weighted by Crippen LogP contribution is 2.49. The third kappa shape index (κ3) is 6.21. The number of primary amides is 1. The lowest BCUT2D eigenvalue weighted by Crippen LogP contribution is -2.43. The van der Waals surface area contributed by atoms with Crippen LogP contribution in [0.15, 0.2) is 85.1 Å². The van der Waals surface area contributed by atoms with Crippen LogP contribution in [0.4, 0.5) is 20.2 Å². The zero-order chi connectivity index (χ0) is 32.7. The first-order chi connectivity index (χ1) is 22.7. The van der Waals surface area contributed by atoms with Crippen molar-refractivity contribution in [3.63, 3.8) is 0 Å². The molecular formula is C36H33F2N5O3S. The average Bonchev–Trinajstić information content (AvgIpc) is 3.78. The fourth-order valence-corrected chi connectivity index (χ4v) is 6.96. The third-order valence-electron chi connectivity index (χ3n) is 8.93. The summed E-state index contributed by atoms with van der Waals surface area (Å²) in [6.45, 7) is 5.21. The van der Waals surface area contributed by atoms with Gasteiger partial charge in [-0.3, -0.25) is 24.4 Å². The Bertz CT molecular complexity index is 1950. The summed E-state index contributed by atoms with van der Waals surface area (Å²) in [5.41, 5.74) is 7.71. The fraction of sp³-hybridized carbons (Fsp3) is 0.250. The van der Waals surface area contributed by atoms with E-state index >= 15 is 4.39 Å². The zero-order valence-electron chi connectivity index (χ0n) is 25.8. The Morgan fingerprint density at radius 1 is 0.915 bits per heavy atom. The number of fused-ring (bicyclic) bond motifs is 1. The van der Waals surface area contributed by atoms with Gasteiger partial charge in [-0.25, -0.2) is 8.78 Å². The normalized spacial score (nSPS) is 16.2. The molecular weight excluding hydrogens is 620 g/mol. The highest BCUT2D eigenvalue weighted by atomic mass is 32.1. The van der Waals surface area contributed by atoms with Crippen LogP contribution in [0.25, 0.3) is 20.7 Å². The maximum absolute atomic E-state index is 15.7. The number of ether oxygens (including phenoxy) is 1. The minimum Gasteiger partial charge on any atom is -0.453 e. The molecule has 3 aromatic carbocycles. The topological polar surface area (TPSA) is 92.0 Å². The molecule has 1 saturated carbocycles. The lowest BCUT2D eigenvalue weighted by molar-refractivity contribution is -0.133. The molecule has 2 amide bonds. The van der Waals surface area contributed by atoms with E-state index in [-0.39, 0.29) is 17.1 Å². The number of nitrogens with zero attached hydrogens (tertiary/aromatic N) is 4. The Hall–Kier alpha value is -4.71. The van der Waals surface area contributed by atoms with Crippen molar-refractivity contribution in [2.75, 3.05) is 38.1 Å². The molecule has 1 saturated heterocycles. The number of hydrogen-bond acceptors (Lipinski definition) is 7. The summed E-state index contributed by atoms with van der Waals surface area (Å²) in [6.07, 6.45) is 2.21. The average molecular weight is 654 g/mol. The molecule has 240 valence electrons. The maximum atomic E-state index is 15.7. The SMILES string of the molecule is CN1CCN(Cc2ccc(-c3cc4nccc(Oc5ccc(N(C(=O)C6(C(N)=O)CC6)c6ccc(F)cc6)cc5F)c4s3)cc2)CC1. The maximum Gasteiger partial charge on any atom is 0.247 e. The number of halogens is 2. The number of likely N-dealkylation sites (N-methyl/N-ethyl adjacent to an activating group) is 1. The van der Waals surface area contributed by atoms with Crippen molar-refractivity contribution in [2.45, 2.75) is 19.4 Å². The molecule has 5 aromatic rings. The summed E-state index contributed by atoms with van der Waals surface area (Å²) in [6, 6.07) is 21.6. The number of thiophene rings is 1. The van der Waals surface area contributed by atoms with E-state index in [1.54, 1.807) is 12.3 Å². The van der Waals surface area contributed by atoms with Crippen molar-refractivity contribution < 1.29 is 23.1 Å². The minimum atomic E-state index is -1.37. The van der Waals surface area contributed by atoms with Gasteiger partial charge in [-0.2, -0.15) is 0 Å². The summed E-state index contributed by atoms with van der Waals surface area (Å²) >= 11 is 1.51. The Morgan fingerprint density at radius 3 is 2.28 bits per heavy atom. The molecule has 1 aliphatic carbocycles. The summed E-state index contributed by atoms with van der Waals surface area (Å²) in [5, 5.41) is 0. The van der Waals surface area contributed by atoms with Gasteiger partial charge >= 0.3 is 0 Å². The fourth-order valence-electron chi connectivity index (χ4n) is 5.88. The standard InChI is InChI=1S/C36H33F2N5O3S/c1-41-16-18-42(19-17-41)22-23-2-4-24(5-3-23)32-21-29-33(47-32)31(12-15-40-29)46-30-11-10-27(20-28(30)38)43(26-8-6-25(37)7-9-26)35(45)36(13-14-36)34(39)44/h2-12,15,20-21H,13-14,16-19,22H2,1H3,(H2,39,44). The van der Waals surface area contributed by atoms with Gasteiger partial charge in [-0.05, 0) is 73.5 Å². The van der Waals surface area contributed by atoms with Crippen LogP contribution in [0.3, 0.4) is 0 Å². The first-order valence-corrected chi connectivity index (χ1v) is 16.3. The van der Waals surface area contributed by atoms with E-state index in [1.807, 2.05) is 6.07 Å². The lowest BCUT2D eigenvalue weighted by Gasteiger charge is -2.32. The van der Waals surface area contributed by atoms with Gasteiger partial charge in [0.05, 0.1) is 15.9 Å². The number of carbonyl (C=O) groups is 2. The number of hydrogen-bond donors (Lipinski definition) is 1. The molecule has 2 aromatic heterocycles. The van der Waals surface area contributed by atoms with E-state index in [0.29, 0.717) is 18.6 Å². The van der Waals surface area contributed by atoms with Gasteiger partial charge in [-0.15, -0.1) is 11.3 Å². The number of nitrogens with two attached hydrogens (primary N) is 1. The molecule has 7 rings (SSSR count). The molecule has 8 nitrogen and oxygen atoms in total. The highest BCUT2D eigenvalue weighted by Gasteiger charge is 2.57. The van der Waals surface area contributed by atoms with Gasteiger partial charge in [0.15, 0.2) is 11.6 Å². The number of anilines is 2. The smallest absolute Gasteiger partial charge is 0.247 e. The van der Waals surface area contributed by atoms with Crippen molar-refractivity contribution in [1.82, 2.24) is 14.8 Å². The van der Waals surface area contributed by atoms with E-state index in [2.05, 4.69) is 46.1 Å². The van der Waals surface area contributed by atoms with E-state index in [9.17, 15) is 14.0 Å².